The average Bonchev–Trinajstić information content (AvgIpc) is 3.53. The minimum absolute atomic E-state index is 0.356. The molecule has 1 heterocycles. The topological polar surface area (TPSA) is 58.2 Å². The summed E-state index contributed by atoms with van der Waals surface area (Å²) < 4.78 is 19.2. The highest BCUT2D eigenvalue weighted by atomic mass is 35.5. The lowest BCUT2D eigenvalue weighted by Crippen LogP contribution is -2.42. The summed E-state index contributed by atoms with van der Waals surface area (Å²) in [6, 6.07) is 11.3. The van der Waals surface area contributed by atoms with Crippen molar-refractivity contribution < 1.29 is 9.13 Å². The summed E-state index contributed by atoms with van der Waals surface area (Å²) in [5.41, 5.74) is 1.80. The van der Waals surface area contributed by atoms with Gasteiger partial charge in [0.1, 0.15) is 11.5 Å². The standard InChI is InChI=1S/C25H34ClFN4O/c1-17(15-32-2)30-19-6-8-20(9-7-19)31-24-13-22(23(26)14-28-24)18-4-3-5-21(12-18)29-16-25(27)10-11-25/h3-5,12-14,17,19-20,29-30H,6-11,15-16H2,1-2H3,(H,28,31)/t17-,19-,20-/m1/s1. The zero-order valence-corrected chi connectivity index (χ0v) is 19.7. The second kappa shape index (κ2) is 10.4. The van der Waals surface area contributed by atoms with Gasteiger partial charge in [-0.3, -0.25) is 0 Å². The van der Waals surface area contributed by atoms with Crippen molar-refractivity contribution in [1.29, 1.82) is 0 Å². The van der Waals surface area contributed by atoms with Crippen LogP contribution < -0.4 is 16.0 Å². The first kappa shape index (κ1) is 23.3. The van der Waals surface area contributed by atoms with Gasteiger partial charge in [0.05, 0.1) is 11.6 Å². The predicted octanol–water partition coefficient (Wildman–Crippen LogP) is 5.66. The van der Waals surface area contributed by atoms with Crippen molar-refractivity contribution in [3.63, 3.8) is 0 Å². The maximum absolute atomic E-state index is 14.0. The number of methoxy groups -OCH3 is 1. The Morgan fingerprint density at radius 1 is 1.19 bits per heavy atom. The van der Waals surface area contributed by atoms with Crippen molar-refractivity contribution in [2.24, 2.45) is 0 Å². The molecule has 0 unspecified atom stereocenters. The Morgan fingerprint density at radius 3 is 2.66 bits per heavy atom. The summed E-state index contributed by atoms with van der Waals surface area (Å²) in [5.74, 6) is 0.840. The molecule has 2 aromatic rings. The molecule has 1 aromatic carbocycles. The SMILES string of the molecule is COC[C@@H](C)N[C@H]1CC[C@H](Nc2cc(-c3cccc(NCC4(F)CC4)c3)c(Cl)cn2)CC1. The Bertz CT molecular complexity index is 899. The third-order valence-electron chi connectivity index (χ3n) is 6.45. The Morgan fingerprint density at radius 2 is 1.94 bits per heavy atom. The molecule has 0 amide bonds. The van der Waals surface area contributed by atoms with Gasteiger partial charge in [0.15, 0.2) is 0 Å². The number of hydrogen-bond acceptors (Lipinski definition) is 5. The van der Waals surface area contributed by atoms with E-state index in [2.05, 4.69) is 27.9 Å². The Balaban J connectivity index is 1.36. The molecule has 0 bridgehead atoms. The molecule has 0 saturated heterocycles. The molecule has 5 nitrogen and oxygen atoms in total. The zero-order chi connectivity index (χ0) is 22.6. The fourth-order valence-electron chi connectivity index (χ4n) is 4.42. The molecule has 174 valence electrons. The summed E-state index contributed by atoms with van der Waals surface area (Å²) in [7, 11) is 1.74. The maximum atomic E-state index is 14.0. The molecule has 7 heteroatoms. The van der Waals surface area contributed by atoms with Gasteiger partial charge >= 0.3 is 0 Å². The Labute approximate surface area is 195 Å². The van der Waals surface area contributed by atoms with E-state index in [1.165, 1.54) is 0 Å². The van der Waals surface area contributed by atoms with Crippen LogP contribution in [0.4, 0.5) is 15.9 Å². The third kappa shape index (κ3) is 6.33. The van der Waals surface area contributed by atoms with Gasteiger partial charge in [-0.1, -0.05) is 23.7 Å². The molecule has 3 N–H and O–H groups in total. The number of anilines is 2. The molecule has 2 aliphatic carbocycles. The van der Waals surface area contributed by atoms with Crippen molar-refractivity contribution in [3.8, 4) is 11.1 Å². The highest BCUT2D eigenvalue weighted by Crippen LogP contribution is 2.40. The van der Waals surface area contributed by atoms with Crippen molar-refractivity contribution >= 4 is 23.1 Å². The van der Waals surface area contributed by atoms with Gasteiger partial charge in [-0.25, -0.2) is 9.37 Å². The number of benzene rings is 1. The van der Waals surface area contributed by atoms with Gasteiger partial charge < -0.3 is 20.7 Å². The molecular weight excluding hydrogens is 427 g/mol. The number of rotatable bonds is 10. The van der Waals surface area contributed by atoms with E-state index >= 15 is 0 Å². The van der Waals surface area contributed by atoms with Crippen LogP contribution in [0.2, 0.25) is 5.02 Å². The Hall–Kier alpha value is -1.89. The number of aromatic nitrogens is 1. The molecule has 2 saturated carbocycles. The van der Waals surface area contributed by atoms with Crippen molar-refractivity contribution in [3.05, 3.63) is 41.6 Å². The van der Waals surface area contributed by atoms with Gasteiger partial charge in [0.25, 0.3) is 0 Å². The minimum atomic E-state index is -1.03. The van der Waals surface area contributed by atoms with Gasteiger partial charge in [0.2, 0.25) is 0 Å². The summed E-state index contributed by atoms with van der Waals surface area (Å²) in [4.78, 5) is 4.51. The van der Waals surface area contributed by atoms with Gasteiger partial charge in [-0.05, 0) is 69.2 Å². The Kier molecular flexibility index (Phi) is 7.54. The van der Waals surface area contributed by atoms with E-state index in [9.17, 15) is 4.39 Å². The van der Waals surface area contributed by atoms with E-state index in [1.807, 2.05) is 30.3 Å². The summed E-state index contributed by atoms with van der Waals surface area (Å²) >= 11 is 6.49. The van der Waals surface area contributed by atoms with Crippen LogP contribution in [-0.4, -0.2) is 49.0 Å². The van der Waals surface area contributed by atoms with Crippen LogP contribution in [0.5, 0.6) is 0 Å². The predicted molar refractivity (Wildman–Crippen MR) is 130 cm³/mol. The second-order valence-corrected chi connectivity index (χ2v) is 9.76. The average molecular weight is 461 g/mol. The van der Waals surface area contributed by atoms with Gasteiger partial charge in [-0.2, -0.15) is 0 Å². The molecule has 4 rings (SSSR count). The number of nitrogens with zero attached hydrogens (tertiary/aromatic N) is 1. The van der Waals surface area contributed by atoms with Crippen LogP contribution in [-0.2, 0) is 4.74 Å². The van der Waals surface area contributed by atoms with Crippen LogP contribution in [0.25, 0.3) is 11.1 Å². The second-order valence-electron chi connectivity index (χ2n) is 9.35. The van der Waals surface area contributed by atoms with Crippen molar-refractivity contribution in [2.75, 3.05) is 30.9 Å². The van der Waals surface area contributed by atoms with E-state index in [4.69, 9.17) is 16.3 Å². The molecule has 32 heavy (non-hydrogen) atoms. The summed E-state index contributed by atoms with van der Waals surface area (Å²) in [5, 5.41) is 11.1. The normalized spacial score (nSPS) is 22.9. The van der Waals surface area contributed by atoms with E-state index in [-0.39, 0.29) is 0 Å². The zero-order valence-electron chi connectivity index (χ0n) is 19.0. The number of hydrogen-bond donors (Lipinski definition) is 3. The van der Waals surface area contributed by atoms with E-state index in [1.54, 1.807) is 13.3 Å². The van der Waals surface area contributed by atoms with Crippen molar-refractivity contribution in [1.82, 2.24) is 10.3 Å². The van der Waals surface area contributed by atoms with Crippen LogP contribution in [0.3, 0.4) is 0 Å². The van der Waals surface area contributed by atoms with Crippen LogP contribution in [0.15, 0.2) is 36.5 Å². The quantitative estimate of drug-likeness (QED) is 0.427. The molecule has 1 aromatic heterocycles. The number of pyridine rings is 1. The number of nitrogens with one attached hydrogen (secondary N) is 3. The molecule has 2 aliphatic rings. The first-order valence-electron chi connectivity index (χ1n) is 11.6. The molecule has 0 spiro atoms. The minimum Gasteiger partial charge on any atom is -0.383 e. The monoisotopic (exact) mass is 460 g/mol. The fraction of sp³-hybridized carbons (Fsp3) is 0.560. The summed E-state index contributed by atoms with van der Waals surface area (Å²) in [6.45, 7) is 3.26. The first-order valence-corrected chi connectivity index (χ1v) is 12.0. The number of alkyl halides is 1. The molecule has 0 aliphatic heterocycles. The first-order chi connectivity index (χ1) is 15.4. The number of halogens is 2. The van der Waals surface area contributed by atoms with Crippen molar-refractivity contribution in [2.45, 2.75) is 69.2 Å². The molecule has 1 atom stereocenters. The van der Waals surface area contributed by atoms with Gasteiger partial charge in [0, 0.05) is 49.2 Å². The van der Waals surface area contributed by atoms with Crippen LogP contribution in [0.1, 0.15) is 45.4 Å². The van der Waals surface area contributed by atoms with Gasteiger partial charge in [-0.15, -0.1) is 0 Å². The lowest BCUT2D eigenvalue weighted by molar-refractivity contribution is 0.161. The van der Waals surface area contributed by atoms with E-state index < -0.39 is 5.67 Å². The highest BCUT2D eigenvalue weighted by molar-refractivity contribution is 6.33. The third-order valence-corrected chi connectivity index (χ3v) is 6.75. The molecular formula is C25H34ClFN4O. The molecule has 2 fully saturated rings. The lowest BCUT2D eigenvalue weighted by atomic mass is 9.90. The lowest BCUT2D eigenvalue weighted by Gasteiger charge is -2.32. The van der Waals surface area contributed by atoms with E-state index in [0.29, 0.717) is 42.5 Å². The van der Waals surface area contributed by atoms with Crippen LogP contribution >= 0.6 is 11.6 Å². The smallest absolute Gasteiger partial charge is 0.128 e. The van der Waals surface area contributed by atoms with Crippen LogP contribution in [0, 0.1) is 0 Å². The highest BCUT2D eigenvalue weighted by Gasteiger charge is 2.42. The van der Waals surface area contributed by atoms with E-state index in [0.717, 1.165) is 54.9 Å². The largest absolute Gasteiger partial charge is 0.383 e. The fourth-order valence-corrected chi connectivity index (χ4v) is 4.63. The summed E-state index contributed by atoms with van der Waals surface area (Å²) in [6.07, 6.45) is 7.47. The molecule has 0 radical (unpaired) electrons. The number of ether oxygens (including phenoxy) is 1. The maximum Gasteiger partial charge on any atom is 0.128 e.